The monoisotopic (exact) mass is 357 g/mol. The molecule has 0 aliphatic carbocycles. The van der Waals surface area contributed by atoms with Crippen molar-refractivity contribution in [3.05, 3.63) is 57.3 Å². The van der Waals surface area contributed by atoms with Crippen LogP contribution < -0.4 is 4.74 Å². The van der Waals surface area contributed by atoms with Gasteiger partial charge in [0.2, 0.25) is 0 Å². The molecular formula is C18H19N3O5. The van der Waals surface area contributed by atoms with E-state index in [1.165, 1.54) is 23.3 Å². The maximum atomic E-state index is 12.4. The summed E-state index contributed by atoms with van der Waals surface area (Å²) < 4.78 is 10.5. The van der Waals surface area contributed by atoms with Gasteiger partial charge in [0.05, 0.1) is 12.7 Å². The number of rotatable bonds is 4. The van der Waals surface area contributed by atoms with Crippen molar-refractivity contribution in [2.45, 2.75) is 13.0 Å². The van der Waals surface area contributed by atoms with Crippen molar-refractivity contribution in [3.8, 4) is 5.75 Å². The fourth-order valence-electron chi connectivity index (χ4n) is 3.40. The minimum absolute atomic E-state index is 0.0174. The van der Waals surface area contributed by atoms with Gasteiger partial charge in [-0.3, -0.25) is 19.8 Å². The third-order valence-electron chi connectivity index (χ3n) is 4.80. The Kier molecular flexibility index (Phi) is 4.34. The fraction of sp³-hybridized carbons (Fsp3) is 0.389. The van der Waals surface area contributed by atoms with E-state index in [9.17, 15) is 14.9 Å². The summed E-state index contributed by atoms with van der Waals surface area (Å²) in [4.78, 5) is 26.4. The van der Waals surface area contributed by atoms with Crippen LogP contribution in [0.25, 0.3) is 0 Å². The molecule has 8 heteroatoms. The second-order valence-corrected chi connectivity index (χ2v) is 6.50. The van der Waals surface area contributed by atoms with Crippen LogP contribution in [0.3, 0.4) is 0 Å². The largest absolute Gasteiger partial charge is 0.493 e. The molecule has 1 aromatic carbocycles. The lowest BCUT2D eigenvalue weighted by Gasteiger charge is -2.34. The first kappa shape index (κ1) is 16.6. The van der Waals surface area contributed by atoms with E-state index in [1.54, 1.807) is 4.90 Å². The lowest BCUT2D eigenvalue weighted by Crippen LogP contribution is -2.48. The van der Waals surface area contributed by atoms with Crippen LogP contribution in [0.2, 0.25) is 0 Å². The van der Waals surface area contributed by atoms with E-state index < -0.39 is 10.8 Å². The van der Waals surface area contributed by atoms with Crippen molar-refractivity contribution in [3.63, 3.8) is 0 Å². The molecule has 1 amide bonds. The maximum absolute atomic E-state index is 12.4. The van der Waals surface area contributed by atoms with Gasteiger partial charge in [0.1, 0.15) is 10.7 Å². The van der Waals surface area contributed by atoms with Crippen molar-refractivity contribution in [2.24, 2.45) is 0 Å². The zero-order valence-corrected chi connectivity index (χ0v) is 14.2. The maximum Gasteiger partial charge on any atom is 0.433 e. The van der Waals surface area contributed by atoms with Crippen molar-refractivity contribution in [2.75, 3.05) is 32.8 Å². The van der Waals surface area contributed by atoms with Crippen LogP contribution in [0.1, 0.15) is 21.7 Å². The highest BCUT2D eigenvalue weighted by Crippen LogP contribution is 2.26. The number of carbonyl (C=O) groups is 1. The topological polar surface area (TPSA) is 89.1 Å². The Morgan fingerprint density at radius 2 is 1.96 bits per heavy atom. The molecule has 2 aromatic rings. The van der Waals surface area contributed by atoms with Crippen LogP contribution in [0.15, 0.2) is 34.7 Å². The number of furan rings is 1. The molecule has 0 spiro atoms. The van der Waals surface area contributed by atoms with E-state index in [4.69, 9.17) is 9.15 Å². The summed E-state index contributed by atoms with van der Waals surface area (Å²) in [5.74, 6) is 0.292. The lowest BCUT2D eigenvalue weighted by molar-refractivity contribution is -0.402. The number of fused-ring (bicyclic) bond motifs is 1. The van der Waals surface area contributed by atoms with Gasteiger partial charge >= 0.3 is 5.88 Å². The van der Waals surface area contributed by atoms with Crippen molar-refractivity contribution >= 4 is 11.8 Å². The summed E-state index contributed by atoms with van der Waals surface area (Å²) in [5, 5.41) is 10.7. The zero-order chi connectivity index (χ0) is 18.1. The number of benzene rings is 1. The van der Waals surface area contributed by atoms with E-state index in [1.807, 2.05) is 6.07 Å². The van der Waals surface area contributed by atoms with E-state index in [-0.39, 0.29) is 11.7 Å². The Hall–Kier alpha value is -2.87. The van der Waals surface area contributed by atoms with Gasteiger partial charge in [-0.25, -0.2) is 0 Å². The average molecular weight is 357 g/mol. The molecule has 0 radical (unpaired) electrons. The summed E-state index contributed by atoms with van der Waals surface area (Å²) in [6, 6.07) is 8.88. The highest BCUT2D eigenvalue weighted by atomic mass is 16.6. The molecular weight excluding hydrogens is 338 g/mol. The van der Waals surface area contributed by atoms with Crippen molar-refractivity contribution in [1.82, 2.24) is 9.80 Å². The Bertz CT molecular complexity index is 839. The second-order valence-electron chi connectivity index (χ2n) is 6.50. The minimum Gasteiger partial charge on any atom is -0.493 e. The van der Waals surface area contributed by atoms with Crippen molar-refractivity contribution in [1.29, 1.82) is 0 Å². The Labute approximate surface area is 150 Å². The molecule has 0 saturated carbocycles. The van der Waals surface area contributed by atoms with Crippen LogP contribution in [-0.4, -0.2) is 53.4 Å². The highest BCUT2D eigenvalue weighted by molar-refractivity contribution is 5.91. The second kappa shape index (κ2) is 6.80. The van der Waals surface area contributed by atoms with Crippen LogP contribution in [-0.2, 0) is 13.0 Å². The normalized spacial score (nSPS) is 17.0. The van der Waals surface area contributed by atoms with Gasteiger partial charge in [-0.15, -0.1) is 0 Å². The number of amides is 1. The molecule has 0 unspecified atom stereocenters. The molecule has 26 heavy (non-hydrogen) atoms. The molecule has 0 atom stereocenters. The molecule has 4 rings (SSSR count). The zero-order valence-electron chi connectivity index (χ0n) is 14.2. The van der Waals surface area contributed by atoms with Crippen molar-refractivity contribution < 1.29 is 18.9 Å². The number of ether oxygens (including phenoxy) is 1. The summed E-state index contributed by atoms with van der Waals surface area (Å²) in [6.45, 7) is 4.24. The van der Waals surface area contributed by atoms with Crippen LogP contribution in [0.4, 0.5) is 5.88 Å². The number of piperazine rings is 1. The first-order chi connectivity index (χ1) is 12.6. The van der Waals surface area contributed by atoms with Gasteiger partial charge in [-0.2, -0.15) is 0 Å². The van der Waals surface area contributed by atoms with E-state index >= 15 is 0 Å². The van der Waals surface area contributed by atoms with Gasteiger partial charge in [-0.1, -0.05) is 12.1 Å². The van der Waals surface area contributed by atoms with Crippen LogP contribution >= 0.6 is 0 Å². The number of hydrogen-bond acceptors (Lipinski definition) is 6. The molecule has 8 nitrogen and oxygen atoms in total. The van der Waals surface area contributed by atoms with E-state index in [0.717, 1.165) is 38.4 Å². The van der Waals surface area contributed by atoms with Gasteiger partial charge in [-0.05, 0) is 23.3 Å². The number of nitrogens with zero attached hydrogens (tertiary/aromatic N) is 3. The Balaban J connectivity index is 1.33. The summed E-state index contributed by atoms with van der Waals surface area (Å²) >= 11 is 0. The lowest BCUT2D eigenvalue weighted by atomic mass is 10.1. The average Bonchev–Trinajstić information content (AvgIpc) is 3.31. The quantitative estimate of drug-likeness (QED) is 0.615. The van der Waals surface area contributed by atoms with Crippen LogP contribution in [0.5, 0.6) is 5.75 Å². The molecule has 3 heterocycles. The minimum atomic E-state index is -0.642. The SMILES string of the molecule is O=C(c1ccc([N+](=O)[O-])o1)N1CCN(Cc2ccc3c(c2)CCO3)CC1. The molecule has 1 saturated heterocycles. The molecule has 0 bridgehead atoms. The fourth-order valence-corrected chi connectivity index (χ4v) is 3.40. The van der Waals surface area contributed by atoms with Gasteiger partial charge in [0.25, 0.3) is 5.91 Å². The van der Waals surface area contributed by atoms with Gasteiger partial charge in [0.15, 0.2) is 5.76 Å². The summed E-state index contributed by atoms with van der Waals surface area (Å²) in [6.07, 6.45) is 0.959. The summed E-state index contributed by atoms with van der Waals surface area (Å²) in [5.41, 5.74) is 2.51. The third kappa shape index (κ3) is 3.28. The molecule has 1 fully saturated rings. The number of nitro groups is 1. The number of hydrogen-bond donors (Lipinski definition) is 0. The molecule has 0 N–H and O–H groups in total. The van der Waals surface area contributed by atoms with Gasteiger partial charge < -0.3 is 14.1 Å². The van der Waals surface area contributed by atoms with E-state index in [2.05, 4.69) is 17.0 Å². The first-order valence-corrected chi connectivity index (χ1v) is 8.60. The molecule has 136 valence electrons. The molecule has 2 aliphatic rings. The summed E-state index contributed by atoms with van der Waals surface area (Å²) in [7, 11) is 0. The molecule has 1 aromatic heterocycles. The standard InChI is InChI=1S/C18H19N3O5/c22-18(16-3-4-17(26-16)21(23)24)20-8-6-19(7-9-20)12-13-1-2-15-14(11-13)5-10-25-15/h1-4,11H,5-10,12H2. The Morgan fingerprint density at radius 1 is 1.15 bits per heavy atom. The third-order valence-corrected chi connectivity index (χ3v) is 4.80. The first-order valence-electron chi connectivity index (χ1n) is 8.60. The Morgan fingerprint density at radius 3 is 2.69 bits per heavy atom. The molecule has 2 aliphatic heterocycles. The highest BCUT2D eigenvalue weighted by Gasteiger charge is 2.26. The van der Waals surface area contributed by atoms with E-state index in [0.29, 0.717) is 13.1 Å². The smallest absolute Gasteiger partial charge is 0.433 e. The van der Waals surface area contributed by atoms with Crippen LogP contribution in [0, 0.1) is 10.1 Å². The number of carbonyl (C=O) groups excluding carboxylic acids is 1. The predicted molar refractivity (Wildman–Crippen MR) is 92.2 cm³/mol. The predicted octanol–water partition coefficient (Wildman–Crippen LogP) is 2.08. The van der Waals surface area contributed by atoms with Gasteiger partial charge in [0, 0.05) is 39.1 Å².